The second kappa shape index (κ2) is 7.16. The van der Waals surface area contributed by atoms with Gasteiger partial charge in [0.05, 0.1) is 5.25 Å². The van der Waals surface area contributed by atoms with Crippen LogP contribution in [0.15, 0.2) is 29.2 Å². The Morgan fingerprint density at radius 1 is 1.24 bits per heavy atom. The Hall–Kier alpha value is -0.520. The molecule has 1 aliphatic carbocycles. The summed E-state index contributed by atoms with van der Waals surface area (Å²) < 4.78 is 23.7. The molecule has 1 aromatic rings. The lowest BCUT2D eigenvalue weighted by Crippen LogP contribution is -2.34. The molecular weight excluding hydrogens is 302 g/mol. The number of rotatable bonds is 5. The van der Waals surface area contributed by atoms with E-state index in [1.807, 2.05) is 7.05 Å². The molecule has 0 aromatic heterocycles. The Labute approximate surface area is 132 Å². The monoisotopic (exact) mass is 327 g/mol. The van der Waals surface area contributed by atoms with Crippen molar-refractivity contribution < 1.29 is 8.42 Å². The number of nitrogens with one attached hydrogen (secondary N) is 1. The zero-order valence-corrected chi connectivity index (χ0v) is 14.6. The van der Waals surface area contributed by atoms with Crippen molar-refractivity contribution in [1.29, 1.82) is 0 Å². The highest BCUT2D eigenvalue weighted by Gasteiger charge is 2.33. The smallest absolute Gasteiger partial charge is 0.150 e. The number of hydrogen-bond donors (Lipinski definition) is 1. The first-order chi connectivity index (χ1) is 9.95. The van der Waals surface area contributed by atoms with E-state index in [1.165, 1.54) is 16.7 Å². The molecule has 3 unspecified atom stereocenters. The van der Waals surface area contributed by atoms with Crippen LogP contribution in [-0.2, 0) is 9.84 Å². The summed E-state index contributed by atoms with van der Waals surface area (Å²) in [4.78, 5) is 1.26. The average molecular weight is 328 g/mol. The fourth-order valence-electron chi connectivity index (χ4n) is 3.36. The standard InChI is InChI=1S/C16H25NO2S2/c1-17-16(12-7-9-14(20-2)10-8-12)13-5-4-6-15(11-13)21(3,18)19/h7-10,13,15-17H,4-6,11H2,1-3H3. The molecule has 1 saturated carbocycles. The molecule has 3 atom stereocenters. The van der Waals surface area contributed by atoms with Crippen LogP contribution >= 0.6 is 11.8 Å². The van der Waals surface area contributed by atoms with Crippen LogP contribution in [0.4, 0.5) is 0 Å². The minimum absolute atomic E-state index is 0.169. The number of benzene rings is 1. The molecule has 0 bridgehead atoms. The molecule has 2 rings (SSSR count). The van der Waals surface area contributed by atoms with Crippen LogP contribution in [0.25, 0.3) is 0 Å². The Bertz CT molecular complexity index is 554. The number of sulfone groups is 1. The van der Waals surface area contributed by atoms with Gasteiger partial charge in [0.1, 0.15) is 9.84 Å². The van der Waals surface area contributed by atoms with Gasteiger partial charge in [0, 0.05) is 17.2 Å². The minimum Gasteiger partial charge on any atom is -0.313 e. The van der Waals surface area contributed by atoms with Crippen LogP contribution in [0.1, 0.15) is 37.3 Å². The molecular formula is C16H25NO2S2. The van der Waals surface area contributed by atoms with Crippen molar-refractivity contribution in [2.24, 2.45) is 5.92 Å². The van der Waals surface area contributed by atoms with E-state index in [0.717, 1.165) is 25.7 Å². The maximum atomic E-state index is 11.8. The maximum Gasteiger partial charge on any atom is 0.150 e. The average Bonchev–Trinajstić information content (AvgIpc) is 2.48. The van der Waals surface area contributed by atoms with Gasteiger partial charge in [-0.05, 0) is 56.2 Å². The van der Waals surface area contributed by atoms with E-state index in [-0.39, 0.29) is 11.3 Å². The molecule has 0 heterocycles. The lowest BCUT2D eigenvalue weighted by Gasteiger charge is -2.34. The first-order valence-corrected chi connectivity index (χ1v) is 10.6. The molecule has 3 nitrogen and oxygen atoms in total. The summed E-state index contributed by atoms with van der Waals surface area (Å²) in [6, 6.07) is 8.85. The minimum atomic E-state index is -2.92. The van der Waals surface area contributed by atoms with Gasteiger partial charge in [0.25, 0.3) is 0 Å². The first-order valence-electron chi connectivity index (χ1n) is 7.45. The Morgan fingerprint density at radius 2 is 1.90 bits per heavy atom. The third-order valence-electron chi connectivity index (χ3n) is 4.53. The van der Waals surface area contributed by atoms with Gasteiger partial charge >= 0.3 is 0 Å². The van der Waals surface area contributed by atoms with Gasteiger partial charge in [0.2, 0.25) is 0 Å². The van der Waals surface area contributed by atoms with Crippen molar-refractivity contribution in [3.8, 4) is 0 Å². The first kappa shape index (κ1) is 16.8. The molecule has 0 radical (unpaired) electrons. The fourth-order valence-corrected chi connectivity index (χ4v) is 4.96. The zero-order chi connectivity index (χ0) is 15.5. The second-order valence-corrected chi connectivity index (χ2v) is 9.12. The van der Waals surface area contributed by atoms with Crippen LogP contribution in [0, 0.1) is 5.92 Å². The van der Waals surface area contributed by atoms with Gasteiger partial charge < -0.3 is 5.32 Å². The SMILES string of the molecule is CNC(c1ccc(SC)cc1)C1CCCC(S(C)(=O)=O)C1. The molecule has 1 fully saturated rings. The van der Waals surface area contributed by atoms with Crippen LogP contribution in [0.3, 0.4) is 0 Å². The Morgan fingerprint density at radius 3 is 2.43 bits per heavy atom. The van der Waals surface area contributed by atoms with E-state index < -0.39 is 9.84 Å². The fraction of sp³-hybridized carbons (Fsp3) is 0.625. The number of thioether (sulfide) groups is 1. The highest BCUT2D eigenvalue weighted by atomic mass is 32.2. The van der Waals surface area contributed by atoms with Gasteiger partial charge in [-0.2, -0.15) is 0 Å². The van der Waals surface area contributed by atoms with Crippen LogP contribution in [-0.4, -0.2) is 33.2 Å². The summed E-state index contributed by atoms with van der Waals surface area (Å²) in [5.74, 6) is 0.392. The van der Waals surface area contributed by atoms with E-state index in [1.54, 1.807) is 11.8 Å². The van der Waals surface area contributed by atoms with E-state index in [4.69, 9.17) is 0 Å². The molecule has 0 saturated heterocycles. The summed E-state index contributed by atoms with van der Waals surface area (Å²) in [6.07, 6.45) is 7.14. The summed E-state index contributed by atoms with van der Waals surface area (Å²) in [5, 5.41) is 3.23. The van der Waals surface area contributed by atoms with Crippen molar-refractivity contribution >= 4 is 21.6 Å². The van der Waals surface area contributed by atoms with Gasteiger partial charge in [-0.1, -0.05) is 18.6 Å². The third-order valence-corrected chi connectivity index (χ3v) is 6.91. The van der Waals surface area contributed by atoms with Gasteiger partial charge in [-0.25, -0.2) is 8.42 Å². The molecule has 1 N–H and O–H groups in total. The highest BCUT2D eigenvalue weighted by molar-refractivity contribution is 7.98. The summed E-state index contributed by atoms with van der Waals surface area (Å²) in [7, 11) is -0.955. The molecule has 118 valence electrons. The van der Waals surface area contributed by atoms with E-state index >= 15 is 0 Å². The lowest BCUT2D eigenvalue weighted by atomic mass is 9.81. The quantitative estimate of drug-likeness (QED) is 0.843. The zero-order valence-electron chi connectivity index (χ0n) is 13.0. The summed E-state index contributed by atoms with van der Waals surface area (Å²) in [6.45, 7) is 0. The normalized spacial score (nSPS) is 24.7. The van der Waals surface area contributed by atoms with Crippen molar-refractivity contribution in [3.05, 3.63) is 29.8 Å². The maximum absolute atomic E-state index is 11.8. The van der Waals surface area contributed by atoms with Crippen molar-refractivity contribution in [2.45, 2.75) is 41.9 Å². The van der Waals surface area contributed by atoms with Gasteiger partial charge in [0.15, 0.2) is 0 Å². The van der Waals surface area contributed by atoms with E-state index in [9.17, 15) is 8.42 Å². The van der Waals surface area contributed by atoms with Crippen molar-refractivity contribution in [3.63, 3.8) is 0 Å². The highest BCUT2D eigenvalue weighted by Crippen LogP contribution is 2.37. The van der Waals surface area contributed by atoms with Crippen LogP contribution < -0.4 is 5.32 Å². The van der Waals surface area contributed by atoms with E-state index in [0.29, 0.717) is 5.92 Å². The molecule has 1 aliphatic rings. The topological polar surface area (TPSA) is 46.2 Å². The predicted octanol–water partition coefficient (Wildman–Crippen LogP) is 3.27. The van der Waals surface area contributed by atoms with Crippen molar-refractivity contribution in [1.82, 2.24) is 5.32 Å². The van der Waals surface area contributed by atoms with Gasteiger partial charge in [-0.3, -0.25) is 0 Å². The Kier molecular flexibility index (Phi) is 5.74. The Balaban J connectivity index is 2.16. The van der Waals surface area contributed by atoms with Crippen molar-refractivity contribution in [2.75, 3.05) is 19.6 Å². The largest absolute Gasteiger partial charge is 0.313 e. The molecule has 1 aromatic carbocycles. The molecule has 0 amide bonds. The molecule has 0 spiro atoms. The van der Waals surface area contributed by atoms with Crippen LogP contribution in [0.2, 0.25) is 0 Å². The second-order valence-electron chi connectivity index (χ2n) is 5.92. The van der Waals surface area contributed by atoms with Gasteiger partial charge in [-0.15, -0.1) is 11.8 Å². The summed E-state index contributed by atoms with van der Waals surface area (Å²) in [5.41, 5.74) is 1.26. The predicted molar refractivity (Wildman–Crippen MR) is 90.6 cm³/mol. The third kappa shape index (κ3) is 4.24. The summed E-state index contributed by atoms with van der Waals surface area (Å²) >= 11 is 1.74. The molecule has 0 aliphatic heterocycles. The molecule has 5 heteroatoms. The molecule has 21 heavy (non-hydrogen) atoms. The van der Waals surface area contributed by atoms with E-state index in [2.05, 4.69) is 35.8 Å². The van der Waals surface area contributed by atoms with Crippen LogP contribution in [0.5, 0.6) is 0 Å². The number of hydrogen-bond acceptors (Lipinski definition) is 4. The lowest BCUT2D eigenvalue weighted by molar-refractivity contribution is 0.282.